The molecule has 41 heavy (non-hydrogen) atoms. The predicted molar refractivity (Wildman–Crippen MR) is 160 cm³/mol. The van der Waals surface area contributed by atoms with Gasteiger partial charge in [-0.2, -0.15) is 0 Å². The summed E-state index contributed by atoms with van der Waals surface area (Å²) in [6, 6.07) is 27.8. The van der Waals surface area contributed by atoms with Crippen LogP contribution in [-0.2, 0) is 10.0 Å². The third-order valence-electron chi connectivity index (χ3n) is 6.79. The number of urea groups is 1. The minimum absolute atomic E-state index is 0.0558. The van der Waals surface area contributed by atoms with Gasteiger partial charge in [0.25, 0.3) is 15.9 Å². The van der Waals surface area contributed by atoms with Crippen molar-refractivity contribution >= 4 is 39.0 Å². The molecule has 0 radical (unpaired) electrons. The van der Waals surface area contributed by atoms with Crippen LogP contribution in [0.1, 0.15) is 10.4 Å². The van der Waals surface area contributed by atoms with Gasteiger partial charge in [-0.3, -0.25) is 19.3 Å². The molecule has 210 valence electrons. The third kappa shape index (κ3) is 5.73. The molecule has 0 unspecified atom stereocenters. The number of amides is 3. The zero-order chi connectivity index (χ0) is 29.1. The molecule has 1 saturated heterocycles. The predicted octanol–water partition coefficient (Wildman–Crippen LogP) is 5.31. The van der Waals surface area contributed by atoms with Crippen LogP contribution in [0.5, 0.6) is 5.75 Å². The molecule has 10 heteroatoms. The quantitative estimate of drug-likeness (QED) is 0.310. The number of benzene rings is 4. The number of nitrogens with zero attached hydrogens (tertiary/aromatic N) is 3. The maximum Gasteiger partial charge on any atom is 0.329 e. The number of carbonyl (C=O) groups excluding carboxylic acids is 2. The smallest absolute Gasteiger partial charge is 0.329 e. The molecule has 1 aliphatic heterocycles. The van der Waals surface area contributed by atoms with Gasteiger partial charge in [-0.1, -0.05) is 42.5 Å². The van der Waals surface area contributed by atoms with E-state index in [2.05, 4.69) is 4.72 Å². The van der Waals surface area contributed by atoms with Gasteiger partial charge < -0.3 is 9.64 Å². The first-order chi connectivity index (χ1) is 19.7. The maximum atomic E-state index is 13.6. The Bertz CT molecular complexity index is 1710. The topological polar surface area (TPSA) is 99.3 Å². The van der Waals surface area contributed by atoms with Crippen LogP contribution in [0.2, 0.25) is 0 Å². The molecule has 1 heterocycles. The molecular weight excluding hydrogens is 540 g/mol. The van der Waals surface area contributed by atoms with Gasteiger partial charge in [-0.05, 0) is 65.7 Å². The monoisotopic (exact) mass is 570 g/mol. The fourth-order valence-electron chi connectivity index (χ4n) is 4.73. The summed E-state index contributed by atoms with van der Waals surface area (Å²) in [5.41, 5.74) is 3.48. The molecular formula is C31H30N4O5S. The molecule has 0 spiro atoms. The van der Waals surface area contributed by atoms with Crippen molar-refractivity contribution in [2.24, 2.45) is 0 Å². The van der Waals surface area contributed by atoms with E-state index in [1.54, 1.807) is 78.5 Å². The minimum atomic E-state index is -4.10. The molecule has 0 bridgehead atoms. The van der Waals surface area contributed by atoms with Gasteiger partial charge in [0.05, 0.1) is 12.8 Å². The van der Waals surface area contributed by atoms with Crippen molar-refractivity contribution < 1.29 is 22.7 Å². The normalized spacial score (nSPS) is 13.3. The zero-order valence-electron chi connectivity index (χ0n) is 22.9. The standard InChI is InChI=1S/C31H30N4O5S/c1-33(2)30(36)24-10-7-9-22(19-24)23-15-16-28(40-3)29(20-23)41(38,39)32-25-11-8-14-27(21-25)35-18-17-34(31(35)37)26-12-5-4-6-13-26/h4-16,19-21,32H,17-18H2,1-3H3. The number of carbonyl (C=O) groups is 2. The van der Waals surface area contributed by atoms with Crippen LogP contribution in [0.25, 0.3) is 11.1 Å². The van der Waals surface area contributed by atoms with Crippen LogP contribution in [0.15, 0.2) is 102 Å². The molecule has 5 rings (SSSR count). The first kappa shape index (κ1) is 27.7. The van der Waals surface area contributed by atoms with Gasteiger partial charge in [0, 0.05) is 44.1 Å². The summed E-state index contributed by atoms with van der Waals surface area (Å²) in [5.74, 6) is 0.0179. The van der Waals surface area contributed by atoms with Crippen molar-refractivity contribution in [2.45, 2.75) is 4.90 Å². The summed E-state index contributed by atoms with van der Waals surface area (Å²) >= 11 is 0. The summed E-state index contributed by atoms with van der Waals surface area (Å²) in [6.07, 6.45) is 0. The van der Waals surface area contributed by atoms with Gasteiger partial charge in [-0.15, -0.1) is 0 Å². The van der Waals surface area contributed by atoms with E-state index in [1.807, 2.05) is 36.4 Å². The molecule has 4 aromatic carbocycles. The van der Waals surface area contributed by atoms with Crippen molar-refractivity contribution in [2.75, 3.05) is 48.8 Å². The number of para-hydroxylation sites is 1. The average molecular weight is 571 g/mol. The second-order valence-electron chi connectivity index (χ2n) is 9.72. The van der Waals surface area contributed by atoms with Crippen molar-refractivity contribution in [1.82, 2.24) is 4.90 Å². The molecule has 0 atom stereocenters. The molecule has 3 amide bonds. The lowest BCUT2D eigenvalue weighted by atomic mass is 10.0. The van der Waals surface area contributed by atoms with Gasteiger partial charge in [0.15, 0.2) is 0 Å². The maximum absolute atomic E-state index is 13.6. The van der Waals surface area contributed by atoms with E-state index in [4.69, 9.17) is 4.74 Å². The number of hydrogen-bond acceptors (Lipinski definition) is 5. The SMILES string of the molecule is COc1ccc(-c2cccc(C(=O)N(C)C)c2)cc1S(=O)(=O)Nc1cccc(N2CCN(c3ccccc3)C2=O)c1. The molecule has 0 aromatic heterocycles. The Kier molecular flexibility index (Phi) is 7.67. The van der Waals surface area contributed by atoms with Crippen LogP contribution in [0, 0.1) is 0 Å². The van der Waals surface area contributed by atoms with E-state index in [1.165, 1.54) is 18.1 Å². The highest BCUT2D eigenvalue weighted by Gasteiger charge is 2.31. The first-order valence-electron chi connectivity index (χ1n) is 12.9. The number of sulfonamides is 1. The summed E-state index contributed by atoms with van der Waals surface area (Å²) in [7, 11) is 0.654. The minimum Gasteiger partial charge on any atom is -0.495 e. The van der Waals surface area contributed by atoms with Crippen molar-refractivity contribution in [3.63, 3.8) is 0 Å². The third-order valence-corrected chi connectivity index (χ3v) is 8.19. The van der Waals surface area contributed by atoms with Crippen LogP contribution in [0.3, 0.4) is 0 Å². The van der Waals surface area contributed by atoms with E-state index in [0.717, 1.165) is 5.69 Å². The molecule has 9 nitrogen and oxygen atoms in total. The Hall–Kier alpha value is -4.83. The Balaban J connectivity index is 1.42. The summed E-state index contributed by atoms with van der Waals surface area (Å²) in [5, 5.41) is 0. The van der Waals surface area contributed by atoms with E-state index in [9.17, 15) is 18.0 Å². The highest BCUT2D eigenvalue weighted by Crippen LogP contribution is 2.33. The second-order valence-corrected chi connectivity index (χ2v) is 11.4. The molecule has 1 fully saturated rings. The fourth-order valence-corrected chi connectivity index (χ4v) is 5.97. The Morgan fingerprint density at radius 2 is 1.46 bits per heavy atom. The Morgan fingerprint density at radius 3 is 2.17 bits per heavy atom. The number of ether oxygens (including phenoxy) is 1. The molecule has 1 aliphatic rings. The van der Waals surface area contributed by atoms with Crippen LogP contribution in [-0.4, -0.2) is 59.6 Å². The van der Waals surface area contributed by atoms with E-state index < -0.39 is 10.0 Å². The van der Waals surface area contributed by atoms with Crippen molar-refractivity contribution in [1.29, 1.82) is 0 Å². The lowest BCUT2D eigenvalue weighted by molar-refractivity contribution is 0.0827. The largest absolute Gasteiger partial charge is 0.495 e. The highest BCUT2D eigenvalue weighted by atomic mass is 32.2. The van der Waals surface area contributed by atoms with E-state index in [0.29, 0.717) is 41.2 Å². The molecule has 0 aliphatic carbocycles. The molecule has 0 saturated carbocycles. The lowest BCUT2D eigenvalue weighted by Crippen LogP contribution is -2.31. The number of rotatable bonds is 8. The molecule has 1 N–H and O–H groups in total. The summed E-state index contributed by atoms with van der Waals surface area (Å²) in [6.45, 7) is 0.985. The molecule has 4 aromatic rings. The lowest BCUT2D eigenvalue weighted by Gasteiger charge is -2.20. The van der Waals surface area contributed by atoms with Gasteiger partial charge in [-0.25, -0.2) is 13.2 Å². The summed E-state index contributed by atoms with van der Waals surface area (Å²) < 4.78 is 35.3. The second kappa shape index (κ2) is 11.3. The van der Waals surface area contributed by atoms with Crippen LogP contribution < -0.4 is 19.3 Å². The highest BCUT2D eigenvalue weighted by molar-refractivity contribution is 7.92. The number of anilines is 3. The number of hydrogen-bond donors (Lipinski definition) is 1. The summed E-state index contributed by atoms with van der Waals surface area (Å²) in [4.78, 5) is 30.4. The Labute approximate surface area is 239 Å². The van der Waals surface area contributed by atoms with Crippen LogP contribution >= 0.6 is 0 Å². The van der Waals surface area contributed by atoms with Gasteiger partial charge in [0.2, 0.25) is 0 Å². The zero-order valence-corrected chi connectivity index (χ0v) is 23.8. The van der Waals surface area contributed by atoms with Crippen LogP contribution in [0.4, 0.5) is 21.9 Å². The van der Waals surface area contributed by atoms with Gasteiger partial charge in [0.1, 0.15) is 10.6 Å². The van der Waals surface area contributed by atoms with E-state index in [-0.39, 0.29) is 22.6 Å². The number of methoxy groups -OCH3 is 1. The number of nitrogens with one attached hydrogen (secondary N) is 1. The first-order valence-corrected chi connectivity index (χ1v) is 14.4. The van der Waals surface area contributed by atoms with Crippen molar-refractivity contribution in [3.8, 4) is 16.9 Å². The van der Waals surface area contributed by atoms with Gasteiger partial charge >= 0.3 is 6.03 Å². The average Bonchev–Trinajstić information content (AvgIpc) is 3.37. The Morgan fingerprint density at radius 1 is 0.805 bits per heavy atom. The fraction of sp³-hybridized carbons (Fsp3) is 0.161. The van der Waals surface area contributed by atoms with Crippen molar-refractivity contribution in [3.05, 3.63) is 103 Å². The van der Waals surface area contributed by atoms with E-state index >= 15 is 0 Å².